The Bertz CT molecular complexity index is 1070. The summed E-state index contributed by atoms with van der Waals surface area (Å²) in [7, 11) is -3.21. The van der Waals surface area contributed by atoms with Crippen molar-refractivity contribution in [2.45, 2.75) is 0 Å². The molecule has 0 radical (unpaired) electrons. The number of rotatable bonds is 6. The van der Waals surface area contributed by atoms with Crippen molar-refractivity contribution >= 4 is 35.6 Å². The topological polar surface area (TPSA) is 32.7 Å². The number of anilines is 1. The number of hydrogen-bond acceptors (Lipinski definition) is 2. The van der Waals surface area contributed by atoms with Gasteiger partial charge in [0.2, 0.25) is 7.29 Å². The zero-order chi connectivity index (χ0) is 19.9. The normalized spacial score (nSPS) is 11.4. The van der Waals surface area contributed by atoms with Gasteiger partial charge in [-0.05, 0) is 48.5 Å². The van der Waals surface area contributed by atoms with Gasteiger partial charge in [-0.25, -0.2) is 4.99 Å². The molecule has 29 heavy (non-hydrogen) atoms. The van der Waals surface area contributed by atoms with E-state index < -0.39 is 7.29 Å². The van der Waals surface area contributed by atoms with Gasteiger partial charge in [-0.2, -0.15) is 0 Å². The molecule has 0 N–H and O–H groups in total. The maximum atomic E-state index is 14.8. The Hall–Kier alpha value is -3.42. The highest BCUT2D eigenvalue weighted by Crippen LogP contribution is 2.49. The van der Waals surface area contributed by atoms with Crippen LogP contribution in [-0.2, 0) is 4.57 Å². The highest BCUT2D eigenvalue weighted by molar-refractivity contribution is 7.80. The average molecular weight is 396 g/mol. The van der Waals surface area contributed by atoms with Crippen LogP contribution in [0.5, 0.6) is 0 Å². The van der Waals surface area contributed by atoms with E-state index in [0.717, 1.165) is 22.0 Å². The minimum atomic E-state index is -3.21. The summed E-state index contributed by atoms with van der Waals surface area (Å²) in [5, 5.41) is 1.52. The van der Waals surface area contributed by atoms with Gasteiger partial charge in [0.05, 0.1) is 5.69 Å². The van der Waals surface area contributed by atoms with E-state index in [9.17, 15) is 4.57 Å². The van der Waals surface area contributed by atoms with Gasteiger partial charge < -0.3 is 0 Å². The second-order valence-electron chi connectivity index (χ2n) is 6.51. The first-order valence-corrected chi connectivity index (χ1v) is 11.1. The molecule has 0 aromatic heterocycles. The Kier molecular flexibility index (Phi) is 5.69. The fraction of sp³-hybridized carbons (Fsp3) is 0. The van der Waals surface area contributed by atoms with Crippen LogP contribution in [0.2, 0.25) is 0 Å². The zero-order valence-electron chi connectivity index (χ0n) is 15.9. The smallest absolute Gasteiger partial charge is 0.234 e. The largest absolute Gasteiger partial charge is 0.289 e. The molecule has 0 aliphatic carbocycles. The number of para-hydroxylation sites is 2. The molecule has 0 amide bonds. The van der Waals surface area contributed by atoms with Gasteiger partial charge in [-0.15, -0.1) is 0 Å². The summed E-state index contributed by atoms with van der Waals surface area (Å²) in [5.41, 5.74) is 1.63. The van der Waals surface area contributed by atoms with Gasteiger partial charge in [0.25, 0.3) is 0 Å². The highest BCUT2D eigenvalue weighted by Gasteiger charge is 2.34. The van der Waals surface area contributed by atoms with E-state index in [1.807, 2.05) is 126 Å². The highest BCUT2D eigenvalue weighted by atomic mass is 31.2. The van der Waals surface area contributed by atoms with E-state index in [1.54, 1.807) is 6.34 Å². The van der Waals surface area contributed by atoms with Crippen LogP contribution in [0.15, 0.2) is 126 Å². The van der Waals surface area contributed by atoms with E-state index in [1.165, 1.54) is 0 Å². The van der Waals surface area contributed by atoms with Gasteiger partial charge in [0.15, 0.2) is 0 Å². The lowest BCUT2D eigenvalue weighted by molar-refractivity contribution is 0.588. The van der Waals surface area contributed by atoms with Crippen LogP contribution >= 0.6 is 7.29 Å². The third-order valence-corrected chi connectivity index (χ3v) is 7.55. The Morgan fingerprint density at radius 1 is 0.586 bits per heavy atom. The number of aliphatic imine (C=N–C) groups is 1. The van der Waals surface area contributed by atoms with Gasteiger partial charge >= 0.3 is 0 Å². The molecule has 0 atom stereocenters. The molecule has 0 aliphatic heterocycles. The van der Waals surface area contributed by atoms with Crippen LogP contribution in [-0.4, -0.2) is 6.34 Å². The van der Waals surface area contributed by atoms with Crippen LogP contribution in [0.3, 0.4) is 0 Å². The van der Waals surface area contributed by atoms with Crippen LogP contribution < -0.4 is 15.3 Å². The average Bonchev–Trinajstić information content (AvgIpc) is 2.81. The third kappa shape index (κ3) is 4.06. The second-order valence-corrected chi connectivity index (χ2v) is 9.12. The SMILES string of the molecule is O=P(c1ccccc1)(c1ccccc1)N(/C=N/c1ccccc1)c1ccccc1. The Morgan fingerprint density at radius 2 is 1.00 bits per heavy atom. The summed E-state index contributed by atoms with van der Waals surface area (Å²) >= 11 is 0. The van der Waals surface area contributed by atoms with Crippen LogP contribution in [0, 0.1) is 0 Å². The molecule has 0 fully saturated rings. The summed E-state index contributed by atoms with van der Waals surface area (Å²) in [5.74, 6) is 0. The standard InChI is InChI=1S/C25H21N2OP/c28-29(24-17-9-3-10-18-24,25-19-11-4-12-20-25)27(23-15-7-2-8-16-23)21-26-22-13-5-1-6-14-22/h1-21H/b26-21+. The molecule has 4 rings (SSSR count). The molecule has 0 unspecified atom stereocenters. The van der Waals surface area contributed by atoms with Crippen molar-refractivity contribution in [1.29, 1.82) is 0 Å². The molecule has 0 aliphatic rings. The van der Waals surface area contributed by atoms with E-state index in [2.05, 4.69) is 4.99 Å². The molecule has 4 heteroatoms. The van der Waals surface area contributed by atoms with Gasteiger partial charge in [-0.1, -0.05) is 72.8 Å². The predicted octanol–water partition coefficient (Wildman–Crippen LogP) is 5.78. The molecule has 0 spiro atoms. The first-order valence-electron chi connectivity index (χ1n) is 9.44. The lowest BCUT2D eigenvalue weighted by Gasteiger charge is -2.31. The molecule has 4 aromatic rings. The van der Waals surface area contributed by atoms with Crippen molar-refractivity contribution in [3.8, 4) is 0 Å². The molecule has 4 aromatic carbocycles. The van der Waals surface area contributed by atoms with Crippen molar-refractivity contribution in [3.63, 3.8) is 0 Å². The van der Waals surface area contributed by atoms with Gasteiger partial charge in [0.1, 0.15) is 6.34 Å². The van der Waals surface area contributed by atoms with E-state index in [4.69, 9.17) is 0 Å². The molecule has 0 heterocycles. The van der Waals surface area contributed by atoms with E-state index in [-0.39, 0.29) is 0 Å². The van der Waals surface area contributed by atoms with Gasteiger partial charge in [0, 0.05) is 16.3 Å². The summed E-state index contributed by atoms with van der Waals surface area (Å²) in [6, 6.07) is 38.6. The predicted molar refractivity (Wildman–Crippen MR) is 123 cm³/mol. The quantitative estimate of drug-likeness (QED) is 0.235. The number of benzene rings is 4. The number of hydrogen-bond donors (Lipinski definition) is 0. The van der Waals surface area contributed by atoms with Gasteiger partial charge in [-0.3, -0.25) is 9.24 Å². The molecule has 3 nitrogen and oxygen atoms in total. The van der Waals surface area contributed by atoms with Crippen LogP contribution in [0.1, 0.15) is 0 Å². The lowest BCUT2D eigenvalue weighted by atomic mass is 10.3. The molecule has 142 valence electrons. The molecular formula is C25H21N2OP. The van der Waals surface area contributed by atoms with E-state index >= 15 is 0 Å². The summed E-state index contributed by atoms with van der Waals surface area (Å²) in [4.78, 5) is 4.63. The minimum Gasteiger partial charge on any atom is -0.289 e. The first kappa shape index (κ1) is 18.9. The summed E-state index contributed by atoms with van der Waals surface area (Å²) in [6.07, 6.45) is 1.69. The minimum absolute atomic E-state index is 0.759. The maximum Gasteiger partial charge on any atom is 0.234 e. The van der Waals surface area contributed by atoms with Crippen molar-refractivity contribution in [2.75, 3.05) is 4.67 Å². The van der Waals surface area contributed by atoms with Crippen LogP contribution in [0.4, 0.5) is 11.4 Å². The number of nitrogens with zero attached hydrogens (tertiary/aromatic N) is 2. The molecule has 0 saturated carbocycles. The fourth-order valence-electron chi connectivity index (χ4n) is 3.18. The Labute approximate surface area is 171 Å². The monoisotopic (exact) mass is 396 g/mol. The third-order valence-electron chi connectivity index (χ3n) is 4.61. The second kappa shape index (κ2) is 8.72. The maximum absolute atomic E-state index is 14.8. The van der Waals surface area contributed by atoms with Crippen LogP contribution in [0.25, 0.3) is 0 Å². The molecule has 0 bridgehead atoms. The van der Waals surface area contributed by atoms with E-state index in [0.29, 0.717) is 0 Å². The van der Waals surface area contributed by atoms with Crippen molar-refractivity contribution < 1.29 is 4.57 Å². The Morgan fingerprint density at radius 3 is 1.48 bits per heavy atom. The lowest BCUT2D eigenvalue weighted by Crippen LogP contribution is -2.31. The summed E-state index contributed by atoms with van der Waals surface area (Å²) in [6.45, 7) is 0. The molecule has 0 saturated heterocycles. The summed E-state index contributed by atoms with van der Waals surface area (Å²) < 4.78 is 16.6. The Balaban J connectivity index is 1.92. The first-order chi connectivity index (χ1) is 14.3. The zero-order valence-corrected chi connectivity index (χ0v) is 16.8. The van der Waals surface area contributed by atoms with Crippen molar-refractivity contribution in [2.24, 2.45) is 4.99 Å². The fourth-order valence-corrected chi connectivity index (χ4v) is 5.78. The van der Waals surface area contributed by atoms with Crippen molar-refractivity contribution in [1.82, 2.24) is 0 Å². The molecular weight excluding hydrogens is 375 g/mol. The van der Waals surface area contributed by atoms with Crippen molar-refractivity contribution in [3.05, 3.63) is 121 Å².